The Balaban J connectivity index is 3.81. The summed E-state index contributed by atoms with van der Waals surface area (Å²) in [5, 5.41) is 0. The lowest BCUT2D eigenvalue weighted by molar-refractivity contribution is 0.247. The highest BCUT2D eigenvalue weighted by molar-refractivity contribution is 7.81. The van der Waals surface area contributed by atoms with E-state index in [1.54, 1.807) is 38.2 Å². The molecule has 0 aromatic heterocycles. The fourth-order valence-electron chi connectivity index (χ4n) is 0.472. The van der Waals surface area contributed by atoms with Crippen molar-refractivity contribution < 1.29 is 16.8 Å². The van der Waals surface area contributed by atoms with Crippen LogP contribution >= 0.6 is 0 Å². The molecule has 13 heavy (non-hydrogen) atoms. The summed E-state index contributed by atoms with van der Waals surface area (Å²) in [6.45, 7) is 3.57. The Hall–Kier alpha value is -0.650. The summed E-state index contributed by atoms with van der Waals surface area (Å²) in [5.74, 6) is 0. The van der Waals surface area contributed by atoms with Gasteiger partial charge in [0.2, 0.25) is 0 Å². The van der Waals surface area contributed by atoms with Crippen LogP contribution in [-0.2, 0) is 18.8 Å². The Morgan fingerprint density at radius 1 is 1.00 bits per heavy atom. The first kappa shape index (κ1) is 12.3. The van der Waals surface area contributed by atoms with Crippen LogP contribution in [0, 0.1) is 0 Å². The molecule has 0 fully saturated rings. The molecule has 0 saturated heterocycles. The first-order valence-corrected chi connectivity index (χ1v) is 5.22. The van der Waals surface area contributed by atoms with Gasteiger partial charge in [-0.05, 0) is 13.8 Å². The summed E-state index contributed by atoms with van der Waals surface area (Å²) in [6.07, 6.45) is 6.55. The Morgan fingerprint density at radius 2 is 1.38 bits per heavy atom. The molecular formula is C8H14O4S. The van der Waals surface area contributed by atoms with Crippen LogP contribution in [0.5, 0.6) is 0 Å². The first-order valence-electron chi connectivity index (χ1n) is 3.88. The number of allylic oxidation sites excluding steroid dienone is 2. The zero-order valence-electron chi connectivity index (χ0n) is 7.76. The Kier molecular flexibility index (Phi) is 6.48. The summed E-state index contributed by atoms with van der Waals surface area (Å²) < 4.78 is 30.6. The summed E-state index contributed by atoms with van der Waals surface area (Å²) in [4.78, 5) is 0. The second-order valence-electron chi connectivity index (χ2n) is 2.12. The summed E-state index contributed by atoms with van der Waals surface area (Å²) in [6, 6.07) is 0. The van der Waals surface area contributed by atoms with Crippen LogP contribution in [-0.4, -0.2) is 21.6 Å². The molecule has 76 valence electrons. The maximum Gasteiger partial charge on any atom is 0.400 e. The lowest BCUT2D eigenvalue weighted by Gasteiger charge is -2.00. The van der Waals surface area contributed by atoms with E-state index in [4.69, 9.17) is 0 Å². The van der Waals surface area contributed by atoms with Gasteiger partial charge in [-0.15, -0.1) is 0 Å². The second kappa shape index (κ2) is 6.82. The number of rotatable bonds is 6. The molecule has 4 nitrogen and oxygen atoms in total. The van der Waals surface area contributed by atoms with Gasteiger partial charge in [-0.1, -0.05) is 24.3 Å². The van der Waals surface area contributed by atoms with E-state index in [0.717, 1.165) is 0 Å². The SMILES string of the molecule is C/C=C/COS(=O)(=O)OC/C=C/C. The van der Waals surface area contributed by atoms with Gasteiger partial charge in [-0.25, -0.2) is 8.37 Å². The van der Waals surface area contributed by atoms with Crippen molar-refractivity contribution in [1.29, 1.82) is 0 Å². The molecule has 0 radical (unpaired) electrons. The summed E-state index contributed by atoms with van der Waals surface area (Å²) in [7, 11) is -3.83. The molecule has 0 aromatic carbocycles. The fourth-order valence-corrected chi connectivity index (χ4v) is 1.03. The minimum atomic E-state index is -3.83. The Bertz CT molecular complexity index is 242. The highest BCUT2D eigenvalue weighted by Crippen LogP contribution is 1.96. The van der Waals surface area contributed by atoms with Crippen molar-refractivity contribution in [2.75, 3.05) is 13.2 Å². The molecule has 0 bridgehead atoms. The van der Waals surface area contributed by atoms with Gasteiger partial charge in [0.05, 0.1) is 13.2 Å². The molecule has 0 aliphatic rings. The Labute approximate surface area is 79.2 Å². The maximum absolute atomic E-state index is 10.9. The van der Waals surface area contributed by atoms with Gasteiger partial charge >= 0.3 is 10.4 Å². The van der Waals surface area contributed by atoms with Crippen LogP contribution in [0.1, 0.15) is 13.8 Å². The summed E-state index contributed by atoms with van der Waals surface area (Å²) in [5.41, 5.74) is 0. The lowest BCUT2D eigenvalue weighted by atomic mass is 10.6. The molecule has 0 amide bonds. The van der Waals surface area contributed by atoms with Crippen molar-refractivity contribution >= 4 is 10.4 Å². The number of hydrogen-bond donors (Lipinski definition) is 0. The van der Waals surface area contributed by atoms with Gasteiger partial charge in [0.15, 0.2) is 0 Å². The molecule has 0 unspecified atom stereocenters. The largest absolute Gasteiger partial charge is 0.400 e. The molecule has 0 N–H and O–H groups in total. The van der Waals surface area contributed by atoms with Crippen LogP contribution in [0.15, 0.2) is 24.3 Å². The zero-order valence-corrected chi connectivity index (χ0v) is 8.58. The normalized spacial score (nSPS) is 13.1. The van der Waals surface area contributed by atoms with E-state index < -0.39 is 10.4 Å². The minimum absolute atomic E-state index is 0.00860. The van der Waals surface area contributed by atoms with E-state index in [1.807, 2.05) is 0 Å². The molecule has 0 spiro atoms. The fraction of sp³-hybridized carbons (Fsp3) is 0.500. The standard InChI is InChI=1S/C8H14O4S/c1-3-5-7-11-13(9,10)12-8-6-4-2/h3-6H,7-8H2,1-2H3/b5-3+,6-4+. The van der Waals surface area contributed by atoms with Crippen LogP contribution < -0.4 is 0 Å². The van der Waals surface area contributed by atoms with Crippen LogP contribution in [0.4, 0.5) is 0 Å². The Morgan fingerprint density at radius 3 is 1.69 bits per heavy atom. The van der Waals surface area contributed by atoms with E-state index in [0.29, 0.717) is 0 Å². The monoisotopic (exact) mass is 206 g/mol. The van der Waals surface area contributed by atoms with Gasteiger partial charge < -0.3 is 0 Å². The van der Waals surface area contributed by atoms with Crippen LogP contribution in [0.2, 0.25) is 0 Å². The third kappa shape index (κ3) is 7.70. The summed E-state index contributed by atoms with van der Waals surface area (Å²) >= 11 is 0. The van der Waals surface area contributed by atoms with E-state index in [2.05, 4.69) is 8.37 Å². The average molecular weight is 206 g/mol. The smallest absolute Gasteiger partial charge is 0.244 e. The predicted octanol–water partition coefficient (Wildman–Crippen LogP) is 1.42. The third-order valence-electron chi connectivity index (χ3n) is 1.09. The van der Waals surface area contributed by atoms with E-state index in [-0.39, 0.29) is 13.2 Å². The van der Waals surface area contributed by atoms with Gasteiger partial charge in [-0.2, -0.15) is 8.42 Å². The second-order valence-corrected chi connectivity index (χ2v) is 3.40. The van der Waals surface area contributed by atoms with Crippen LogP contribution in [0.3, 0.4) is 0 Å². The molecule has 0 aromatic rings. The van der Waals surface area contributed by atoms with Crippen LogP contribution in [0.25, 0.3) is 0 Å². The van der Waals surface area contributed by atoms with Crippen molar-refractivity contribution in [2.24, 2.45) is 0 Å². The van der Waals surface area contributed by atoms with Crippen molar-refractivity contribution in [3.8, 4) is 0 Å². The van der Waals surface area contributed by atoms with E-state index in [1.165, 1.54) is 0 Å². The molecule has 0 aliphatic heterocycles. The van der Waals surface area contributed by atoms with Crippen molar-refractivity contribution in [3.63, 3.8) is 0 Å². The quantitative estimate of drug-likeness (QED) is 0.617. The highest BCUT2D eigenvalue weighted by Gasteiger charge is 2.08. The van der Waals surface area contributed by atoms with E-state index >= 15 is 0 Å². The molecule has 5 heteroatoms. The lowest BCUT2D eigenvalue weighted by Crippen LogP contribution is -2.10. The van der Waals surface area contributed by atoms with Gasteiger partial charge in [-0.3, -0.25) is 0 Å². The average Bonchev–Trinajstić information content (AvgIpc) is 2.05. The topological polar surface area (TPSA) is 52.6 Å². The van der Waals surface area contributed by atoms with Crippen molar-refractivity contribution in [1.82, 2.24) is 0 Å². The maximum atomic E-state index is 10.9. The zero-order chi connectivity index (χ0) is 10.2. The van der Waals surface area contributed by atoms with Gasteiger partial charge in [0.25, 0.3) is 0 Å². The number of hydrogen-bond acceptors (Lipinski definition) is 4. The predicted molar refractivity (Wildman–Crippen MR) is 50.5 cm³/mol. The van der Waals surface area contributed by atoms with Crippen molar-refractivity contribution in [2.45, 2.75) is 13.8 Å². The molecule has 0 atom stereocenters. The van der Waals surface area contributed by atoms with E-state index in [9.17, 15) is 8.42 Å². The molecule has 0 aliphatic carbocycles. The third-order valence-corrected chi connectivity index (χ3v) is 1.94. The van der Waals surface area contributed by atoms with Crippen molar-refractivity contribution in [3.05, 3.63) is 24.3 Å². The van der Waals surface area contributed by atoms with Gasteiger partial charge in [0.1, 0.15) is 0 Å². The highest BCUT2D eigenvalue weighted by atomic mass is 32.3. The molecular weight excluding hydrogens is 192 g/mol. The van der Waals surface area contributed by atoms with Gasteiger partial charge in [0, 0.05) is 0 Å². The molecule has 0 saturated carbocycles. The minimum Gasteiger partial charge on any atom is -0.244 e. The molecule has 0 heterocycles. The molecule has 0 rings (SSSR count). The first-order chi connectivity index (χ1) is 6.12.